The molecule has 0 aliphatic rings. The van der Waals surface area contributed by atoms with Gasteiger partial charge in [0.05, 0.1) is 34.5 Å². The Morgan fingerprint density at radius 2 is 1.58 bits per heavy atom. The number of amides is 2. The summed E-state index contributed by atoms with van der Waals surface area (Å²) in [5.74, 6) is 3.21. The summed E-state index contributed by atoms with van der Waals surface area (Å²) in [4.78, 5) is 17.5. The van der Waals surface area contributed by atoms with Crippen LogP contribution in [0.5, 0.6) is 23.0 Å². The largest absolute Gasteiger partial charge is 0.497 e. The van der Waals surface area contributed by atoms with Crippen LogP contribution in [0.25, 0.3) is 0 Å². The molecule has 0 aliphatic heterocycles. The van der Waals surface area contributed by atoms with Crippen molar-refractivity contribution in [1.29, 1.82) is 0 Å². The molecule has 2 aromatic carbocycles. The van der Waals surface area contributed by atoms with Gasteiger partial charge in [0.25, 0.3) is 0 Å². The summed E-state index contributed by atoms with van der Waals surface area (Å²) >= 11 is 0. The first kappa shape index (κ1) is 23.8. The number of nitrogens with one attached hydrogen (secondary N) is 2. The molecule has 3 rings (SSSR count). The molecule has 2 amide bonds. The topological polar surface area (TPSA) is 95.9 Å². The number of aryl methyl sites for hydroxylation is 1. The molecular weight excluding hydrogens is 424 g/mol. The van der Waals surface area contributed by atoms with Crippen molar-refractivity contribution in [3.63, 3.8) is 0 Å². The van der Waals surface area contributed by atoms with E-state index in [0.717, 1.165) is 11.1 Å². The van der Waals surface area contributed by atoms with E-state index in [4.69, 9.17) is 18.9 Å². The fraction of sp³-hybridized carbons (Fsp3) is 0.333. The molecule has 0 bridgehead atoms. The van der Waals surface area contributed by atoms with E-state index >= 15 is 0 Å². The normalized spacial score (nSPS) is 12.4. The zero-order valence-electron chi connectivity index (χ0n) is 19.7. The summed E-state index contributed by atoms with van der Waals surface area (Å²) in [6.07, 6.45) is 3.51. The predicted molar refractivity (Wildman–Crippen MR) is 124 cm³/mol. The lowest BCUT2D eigenvalue weighted by Crippen LogP contribution is -2.40. The first-order valence-electron chi connectivity index (χ1n) is 10.4. The minimum Gasteiger partial charge on any atom is -0.497 e. The van der Waals surface area contributed by atoms with Crippen LogP contribution in [0.2, 0.25) is 0 Å². The highest BCUT2D eigenvalue weighted by Crippen LogP contribution is 2.31. The van der Waals surface area contributed by atoms with Crippen LogP contribution in [0.4, 0.5) is 4.79 Å². The predicted octanol–water partition coefficient (Wildman–Crippen LogP) is 3.60. The van der Waals surface area contributed by atoms with E-state index in [1.54, 1.807) is 40.7 Å². The van der Waals surface area contributed by atoms with Crippen molar-refractivity contribution in [2.24, 2.45) is 7.05 Å². The van der Waals surface area contributed by atoms with E-state index < -0.39 is 6.04 Å². The first-order valence-corrected chi connectivity index (χ1v) is 10.4. The number of carbonyl (C=O) groups excluding carboxylic acids is 1. The SMILES string of the molecule is COc1cc(OC)cc(C(NC(=O)NC(C)c2cc(OC)ccc2OC)c2nccn2C)c1. The molecular formula is C24H30N4O5. The third kappa shape index (κ3) is 5.49. The summed E-state index contributed by atoms with van der Waals surface area (Å²) in [5, 5.41) is 6.01. The van der Waals surface area contributed by atoms with Gasteiger partial charge < -0.3 is 34.1 Å². The first-order chi connectivity index (χ1) is 15.9. The van der Waals surface area contributed by atoms with Crippen molar-refractivity contribution in [2.75, 3.05) is 28.4 Å². The van der Waals surface area contributed by atoms with Gasteiger partial charge in [-0.3, -0.25) is 0 Å². The molecule has 0 aliphatic carbocycles. The summed E-state index contributed by atoms with van der Waals surface area (Å²) in [6.45, 7) is 1.88. The lowest BCUT2D eigenvalue weighted by Gasteiger charge is -2.23. The summed E-state index contributed by atoms with van der Waals surface area (Å²) < 4.78 is 23.4. The smallest absolute Gasteiger partial charge is 0.316 e. The van der Waals surface area contributed by atoms with Gasteiger partial charge in [0.1, 0.15) is 34.9 Å². The lowest BCUT2D eigenvalue weighted by atomic mass is 10.0. The maximum Gasteiger partial charge on any atom is 0.316 e. The van der Waals surface area contributed by atoms with Crippen molar-refractivity contribution in [1.82, 2.24) is 20.2 Å². The number of imidazole rings is 1. The Balaban J connectivity index is 1.89. The van der Waals surface area contributed by atoms with Crippen LogP contribution in [0.3, 0.4) is 0 Å². The second kappa shape index (κ2) is 10.6. The monoisotopic (exact) mass is 454 g/mol. The Labute approximate surface area is 193 Å². The average Bonchev–Trinajstić information content (AvgIpc) is 3.26. The minimum atomic E-state index is -0.548. The molecule has 1 heterocycles. The molecule has 0 radical (unpaired) electrons. The van der Waals surface area contributed by atoms with Gasteiger partial charge in [-0.1, -0.05) is 0 Å². The van der Waals surface area contributed by atoms with E-state index in [-0.39, 0.29) is 12.1 Å². The quantitative estimate of drug-likeness (QED) is 0.513. The van der Waals surface area contributed by atoms with Gasteiger partial charge in [-0.15, -0.1) is 0 Å². The van der Waals surface area contributed by atoms with Crippen LogP contribution in [0.15, 0.2) is 48.8 Å². The van der Waals surface area contributed by atoms with Crippen molar-refractivity contribution >= 4 is 6.03 Å². The average molecular weight is 455 g/mol. The highest BCUT2D eigenvalue weighted by atomic mass is 16.5. The second-order valence-corrected chi connectivity index (χ2v) is 7.42. The lowest BCUT2D eigenvalue weighted by molar-refractivity contribution is 0.234. The zero-order valence-corrected chi connectivity index (χ0v) is 19.7. The van der Waals surface area contributed by atoms with Crippen LogP contribution >= 0.6 is 0 Å². The van der Waals surface area contributed by atoms with Gasteiger partial charge in [-0.25, -0.2) is 9.78 Å². The van der Waals surface area contributed by atoms with Gasteiger partial charge >= 0.3 is 6.03 Å². The molecule has 9 heteroatoms. The van der Waals surface area contributed by atoms with Crippen LogP contribution < -0.4 is 29.6 Å². The molecule has 33 heavy (non-hydrogen) atoms. The number of benzene rings is 2. The van der Waals surface area contributed by atoms with Crippen molar-refractivity contribution < 1.29 is 23.7 Å². The third-order valence-corrected chi connectivity index (χ3v) is 5.35. The number of nitrogens with zero attached hydrogens (tertiary/aromatic N) is 2. The van der Waals surface area contributed by atoms with E-state index in [1.165, 1.54) is 0 Å². The van der Waals surface area contributed by atoms with E-state index in [9.17, 15) is 4.79 Å². The summed E-state index contributed by atoms with van der Waals surface area (Å²) in [5.41, 5.74) is 1.56. The number of urea groups is 1. The van der Waals surface area contributed by atoms with E-state index in [1.807, 2.05) is 55.1 Å². The van der Waals surface area contributed by atoms with Crippen LogP contribution in [-0.4, -0.2) is 44.0 Å². The van der Waals surface area contributed by atoms with E-state index in [2.05, 4.69) is 15.6 Å². The molecule has 0 saturated carbocycles. The van der Waals surface area contributed by atoms with Crippen LogP contribution in [0.1, 0.15) is 36.0 Å². The highest BCUT2D eigenvalue weighted by molar-refractivity contribution is 5.75. The summed E-state index contributed by atoms with van der Waals surface area (Å²) in [6, 6.07) is 9.65. The molecule has 2 unspecified atom stereocenters. The molecule has 9 nitrogen and oxygen atoms in total. The number of hydrogen-bond donors (Lipinski definition) is 2. The molecule has 0 fully saturated rings. The number of carbonyl (C=O) groups is 1. The fourth-order valence-corrected chi connectivity index (χ4v) is 3.57. The Morgan fingerprint density at radius 3 is 2.12 bits per heavy atom. The molecule has 0 spiro atoms. The fourth-order valence-electron chi connectivity index (χ4n) is 3.57. The molecule has 2 atom stereocenters. The number of aromatic nitrogens is 2. The minimum absolute atomic E-state index is 0.350. The standard InChI is InChI=1S/C24H30N4O5/c1-15(20-14-17(30-3)7-8-21(20)33-6)26-24(29)27-22(23-25-9-10-28(23)2)16-11-18(31-4)13-19(12-16)32-5/h7-15,22H,1-6H3,(H2,26,27,29). The molecule has 0 saturated heterocycles. The molecule has 3 aromatic rings. The number of rotatable bonds is 9. The molecule has 1 aromatic heterocycles. The van der Waals surface area contributed by atoms with Gasteiger partial charge in [-0.2, -0.15) is 0 Å². The van der Waals surface area contributed by atoms with Gasteiger partial charge in [-0.05, 0) is 42.8 Å². The van der Waals surface area contributed by atoms with E-state index in [0.29, 0.717) is 28.8 Å². The van der Waals surface area contributed by atoms with Crippen molar-refractivity contribution in [3.05, 3.63) is 65.7 Å². The number of methoxy groups -OCH3 is 4. The zero-order chi connectivity index (χ0) is 24.0. The third-order valence-electron chi connectivity index (χ3n) is 5.35. The summed E-state index contributed by atoms with van der Waals surface area (Å²) in [7, 11) is 8.22. The number of ether oxygens (including phenoxy) is 4. The second-order valence-electron chi connectivity index (χ2n) is 7.42. The molecule has 176 valence electrons. The van der Waals surface area contributed by atoms with Gasteiger partial charge in [0.15, 0.2) is 0 Å². The Morgan fingerprint density at radius 1 is 0.909 bits per heavy atom. The van der Waals surface area contributed by atoms with Crippen LogP contribution in [0, 0.1) is 0 Å². The van der Waals surface area contributed by atoms with Gasteiger partial charge in [0.2, 0.25) is 0 Å². The van der Waals surface area contributed by atoms with Crippen LogP contribution in [-0.2, 0) is 7.05 Å². The van der Waals surface area contributed by atoms with Crippen molar-refractivity contribution in [3.8, 4) is 23.0 Å². The molecule has 2 N–H and O–H groups in total. The maximum absolute atomic E-state index is 13.1. The Bertz CT molecular complexity index is 1080. The van der Waals surface area contributed by atoms with Crippen molar-refractivity contribution in [2.45, 2.75) is 19.0 Å². The Hall–Kier alpha value is -3.88. The van der Waals surface area contributed by atoms with Gasteiger partial charge in [0, 0.05) is 31.1 Å². The highest BCUT2D eigenvalue weighted by Gasteiger charge is 2.24. The Kier molecular flexibility index (Phi) is 7.66. The maximum atomic E-state index is 13.1. The number of hydrogen-bond acceptors (Lipinski definition) is 6.